The van der Waals surface area contributed by atoms with E-state index in [4.69, 9.17) is 0 Å². The van der Waals surface area contributed by atoms with Gasteiger partial charge in [-0.25, -0.2) is 9.78 Å². The Bertz CT molecular complexity index is 981. The molecule has 30 heavy (non-hydrogen) atoms. The second kappa shape index (κ2) is 8.79. The van der Waals surface area contributed by atoms with Crippen LogP contribution in [0, 0.1) is 0 Å². The first kappa shape index (κ1) is 21.7. The molecule has 1 aliphatic rings. The number of hydrogen-bond donors (Lipinski definition) is 1. The largest absolute Gasteiger partial charge is 0.325 e. The molecule has 7 nitrogen and oxygen atoms in total. The number of hydrogen-bond acceptors (Lipinski definition) is 5. The smallest absolute Gasteiger partial charge is 0.323 e. The van der Waals surface area contributed by atoms with Gasteiger partial charge in [0.2, 0.25) is 5.91 Å². The standard InChI is InChI=1S/C22H26N4O3S/c1-15(2)9-8-12-22(4)19(28)25(20(29)24-22)13-17-14-30-21(23-17)26(16(3)27)18-10-6-5-7-11-18/h5-7,9-11,14H,8,12-13H2,1-4H3,(H,24,29). The van der Waals surface area contributed by atoms with Crippen LogP contribution in [0.1, 0.15) is 46.2 Å². The summed E-state index contributed by atoms with van der Waals surface area (Å²) in [7, 11) is 0. The average molecular weight is 427 g/mol. The van der Waals surface area contributed by atoms with Gasteiger partial charge in [-0.05, 0) is 45.7 Å². The maximum atomic E-state index is 12.9. The van der Waals surface area contributed by atoms with Crippen LogP contribution in [-0.4, -0.2) is 33.3 Å². The zero-order chi connectivity index (χ0) is 21.9. The molecular formula is C22H26N4O3S. The highest BCUT2D eigenvalue weighted by Crippen LogP contribution is 2.30. The fourth-order valence-electron chi connectivity index (χ4n) is 3.35. The lowest BCUT2D eigenvalue weighted by atomic mass is 9.95. The Morgan fingerprint density at radius 2 is 1.93 bits per heavy atom. The molecule has 1 unspecified atom stereocenters. The highest BCUT2D eigenvalue weighted by molar-refractivity contribution is 7.14. The van der Waals surface area contributed by atoms with Gasteiger partial charge in [-0.2, -0.15) is 0 Å². The van der Waals surface area contributed by atoms with Crippen LogP contribution in [0.25, 0.3) is 0 Å². The molecule has 3 rings (SSSR count). The third-order valence-electron chi connectivity index (χ3n) is 4.92. The lowest BCUT2D eigenvalue weighted by Crippen LogP contribution is -2.43. The van der Waals surface area contributed by atoms with E-state index in [0.717, 1.165) is 0 Å². The molecule has 1 aliphatic heterocycles. The summed E-state index contributed by atoms with van der Waals surface area (Å²) in [6.07, 6.45) is 3.30. The van der Waals surface area contributed by atoms with Crippen molar-refractivity contribution >= 4 is 40.0 Å². The van der Waals surface area contributed by atoms with E-state index >= 15 is 0 Å². The second-order valence-corrected chi connectivity index (χ2v) is 8.62. The number of para-hydroxylation sites is 1. The van der Waals surface area contributed by atoms with Crippen molar-refractivity contribution in [2.45, 2.75) is 52.6 Å². The van der Waals surface area contributed by atoms with E-state index in [0.29, 0.717) is 29.4 Å². The maximum absolute atomic E-state index is 12.9. The number of nitrogens with one attached hydrogen (secondary N) is 1. The van der Waals surface area contributed by atoms with E-state index in [1.165, 1.54) is 33.6 Å². The number of anilines is 2. The average Bonchev–Trinajstić information content (AvgIpc) is 3.21. The van der Waals surface area contributed by atoms with Crippen molar-refractivity contribution in [2.75, 3.05) is 4.90 Å². The fraction of sp³-hybridized carbons (Fsp3) is 0.364. The van der Waals surface area contributed by atoms with Crippen LogP contribution in [0.2, 0.25) is 0 Å². The first-order valence-corrected chi connectivity index (χ1v) is 10.7. The fourth-order valence-corrected chi connectivity index (χ4v) is 4.23. The van der Waals surface area contributed by atoms with Crippen molar-refractivity contribution < 1.29 is 14.4 Å². The van der Waals surface area contributed by atoms with E-state index in [9.17, 15) is 14.4 Å². The van der Waals surface area contributed by atoms with Crippen LogP contribution >= 0.6 is 11.3 Å². The summed E-state index contributed by atoms with van der Waals surface area (Å²) in [5.74, 6) is -0.417. The van der Waals surface area contributed by atoms with Crippen LogP contribution in [0.4, 0.5) is 15.6 Å². The number of rotatable bonds is 7. The Hall–Kier alpha value is -3.00. The predicted octanol–water partition coefficient (Wildman–Crippen LogP) is 4.38. The van der Waals surface area contributed by atoms with E-state index < -0.39 is 11.6 Å². The van der Waals surface area contributed by atoms with Gasteiger partial charge in [-0.1, -0.05) is 29.8 Å². The summed E-state index contributed by atoms with van der Waals surface area (Å²) >= 11 is 1.30. The van der Waals surface area contributed by atoms with Crippen LogP contribution in [0.5, 0.6) is 0 Å². The number of carbonyl (C=O) groups excluding carboxylic acids is 3. The van der Waals surface area contributed by atoms with E-state index in [2.05, 4.69) is 16.4 Å². The molecule has 1 saturated heterocycles. The third-order valence-corrected chi connectivity index (χ3v) is 5.80. The molecule has 1 N–H and O–H groups in total. The first-order valence-electron chi connectivity index (χ1n) is 9.79. The molecule has 1 aromatic carbocycles. The van der Waals surface area contributed by atoms with Crippen LogP contribution < -0.4 is 10.2 Å². The number of aromatic nitrogens is 1. The number of thiazole rings is 1. The zero-order valence-corrected chi connectivity index (χ0v) is 18.5. The van der Waals surface area contributed by atoms with Gasteiger partial charge in [-0.15, -0.1) is 11.3 Å². The number of nitrogens with zero attached hydrogens (tertiary/aromatic N) is 3. The van der Waals surface area contributed by atoms with Gasteiger partial charge in [0, 0.05) is 12.3 Å². The van der Waals surface area contributed by atoms with Gasteiger partial charge in [0.15, 0.2) is 5.13 Å². The molecule has 0 saturated carbocycles. The van der Waals surface area contributed by atoms with Crippen molar-refractivity contribution in [3.8, 4) is 0 Å². The van der Waals surface area contributed by atoms with Crippen molar-refractivity contribution in [1.29, 1.82) is 0 Å². The number of amides is 4. The van der Waals surface area contributed by atoms with Crippen molar-refractivity contribution in [3.05, 3.63) is 53.1 Å². The minimum absolute atomic E-state index is 0.0694. The molecular weight excluding hydrogens is 400 g/mol. The number of benzene rings is 1. The molecule has 2 aromatic rings. The van der Waals surface area contributed by atoms with Crippen molar-refractivity contribution in [3.63, 3.8) is 0 Å². The molecule has 1 fully saturated rings. The van der Waals surface area contributed by atoms with Gasteiger partial charge in [0.25, 0.3) is 5.91 Å². The van der Waals surface area contributed by atoms with Crippen LogP contribution in [-0.2, 0) is 16.1 Å². The molecule has 0 aliphatic carbocycles. The quantitative estimate of drug-likeness (QED) is 0.526. The normalized spacial score (nSPS) is 18.3. The van der Waals surface area contributed by atoms with Crippen molar-refractivity contribution in [1.82, 2.24) is 15.2 Å². The Morgan fingerprint density at radius 3 is 2.57 bits per heavy atom. The van der Waals surface area contributed by atoms with Gasteiger partial charge in [-0.3, -0.25) is 19.4 Å². The second-order valence-electron chi connectivity index (χ2n) is 7.79. The van der Waals surface area contributed by atoms with Gasteiger partial charge < -0.3 is 5.32 Å². The molecule has 4 amide bonds. The molecule has 0 spiro atoms. The summed E-state index contributed by atoms with van der Waals surface area (Å²) in [6.45, 7) is 7.31. The molecule has 1 atom stereocenters. The third kappa shape index (κ3) is 4.59. The summed E-state index contributed by atoms with van der Waals surface area (Å²) < 4.78 is 0. The summed E-state index contributed by atoms with van der Waals surface area (Å²) in [4.78, 5) is 44.8. The monoisotopic (exact) mass is 426 g/mol. The van der Waals surface area contributed by atoms with Crippen LogP contribution in [0.3, 0.4) is 0 Å². The topological polar surface area (TPSA) is 82.6 Å². The SMILES string of the molecule is CC(=O)N(c1ccccc1)c1nc(CN2C(=O)NC(C)(CCC=C(C)C)C2=O)cs1. The summed E-state index contributed by atoms with van der Waals surface area (Å²) in [6, 6.07) is 8.82. The molecule has 2 heterocycles. The predicted molar refractivity (Wildman–Crippen MR) is 118 cm³/mol. The van der Waals surface area contributed by atoms with E-state index in [1.54, 1.807) is 12.3 Å². The minimum Gasteiger partial charge on any atom is -0.323 e. The van der Waals surface area contributed by atoms with Gasteiger partial charge >= 0.3 is 6.03 Å². The highest BCUT2D eigenvalue weighted by Gasteiger charge is 2.47. The van der Waals surface area contributed by atoms with Gasteiger partial charge in [0.05, 0.1) is 17.9 Å². The van der Waals surface area contributed by atoms with E-state index in [-0.39, 0.29) is 18.4 Å². The lowest BCUT2D eigenvalue weighted by molar-refractivity contribution is -0.131. The first-order chi connectivity index (χ1) is 14.2. The Labute approximate surface area is 180 Å². The maximum Gasteiger partial charge on any atom is 0.325 e. The highest BCUT2D eigenvalue weighted by atomic mass is 32.1. The minimum atomic E-state index is -0.919. The Morgan fingerprint density at radius 1 is 1.23 bits per heavy atom. The Balaban J connectivity index is 1.75. The number of carbonyl (C=O) groups is 3. The lowest BCUT2D eigenvalue weighted by Gasteiger charge is -2.20. The molecule has 0 bridgehead atoms. The number of imide groups is 1. The van der Waals surface area contributed by atoms with E-state index in [1.807, 2.05) is 44.2 Å². The zero-order valence-electron chi connectivity index (χ0n) is 17.6. The molecule has 1 aromatic heterocycles. The van der Waals surface area contributed by atoms with Crippen LogP contribution in [0.15, 0.2) is 47.4 Å². The summed E-state index contributed by atoms with van der Waals surface area (Å²) in [5, 5.41) is 5.09. The summed E-state index contributed by atoms with van der Waals surface area (Å²) in [5.41, 5.74) is 1.54. The molecule has 0 radical (unpaired) electrons. The Kier molecular flexibility index (Phi) is 6.36. The molecule has 8 heteroatoms. The number of allylic oxidation sites excluding steroid dienone is 2. The molecule has 158 valence electrons. The van der Waals surface area contributed by atoms with Crippen molar-refractivity contribution in [2.24, 2.45) is 0 Å². The van der Waals surface area contributed by atoms with Gasteiger partial charge in [0.1, 0.15) is 5.54 Å². The number of urea groups is 1.